The van der Waals surface area contributed by atoms with Crippen molar-refractivity contribution in [3.8, 4) is 11.3 Å². The molecule has 1 saturated heterocycles. The smallest absolute Gasteiger partial charge is 0.253 e. The van der Waals surface area contributed by atoms with Gasteiger partial charge in [0.05, 0.1) is 5.69 Å². The molecule has 0 N–H and O–H groups in total. The summed E-state index contributed by atoms with van der Waals surface area (Å²) < 4.78 is 13.2. The maximum absolute atomic E-state index is 13.2. The molecule has 2 aromatic carbocycles. The van der Waals surface area contributed by atoms with Crippen LogP contribution < -0.4 is 4.90 Å². The van der Waals surface area contributed by atoms with Crippen LogP contribution in [0.5, 0.6) is 0 Å². The highest BCUT2D eigenvalue weighted by molar-refractivity contribution is 5.95. The Hall–Kier alpha value is -3.21. The normalized spacial score (nSPS) is 16.4. The lowest BCUT2D eigenvalue weighted by molar-refractivity contribution is 0.0706. The van der Waals surface area contributed by atoms with Gasteiger partial charge in [0, 0.05) is 55.6 Å². The highest BCUT2D eigenvalue weighted by atomic mass is 19.1. The van der Waals surface area contributed by atoms with Gasteiger partial charge in [-0.25, -0.2) is 4.39 Å². The standard InChI is InChI=1S/C25H26FN3O/c1-28(2)22-8-3-6-19(16-22)25(30)29-15-5-7-20(17-29)24-10-4-9-23(27-24)18-11-13-21(26)14-12-18/h3-4,6,8-14,16,20H,5,7,15,17H2,1-2H3/t20-/m1/s1. The molecule has 1 amide bonds. The summed E-state index contributed by atoms with van der Waals surface area (Å²) >= 11 is 0. The van der Waals surface area contributed by atoms with Crippen molar-refractivity contribution in [3.05, 3.63) is 83.8 Å². The van der Waals surface area contributed by atoms with Gasteiger partial charge in [-0.15, -0.1) is 0 Å². The van der Waals surface area contributed by atoms with Gasteiger partial charge < -0.3 is 9.80 Å². The van der Waals surface area contributed by atoms with Crippen LogP contribution >= 0.6 is 0 Å². The summed E-state index contributed by atoms with van der Waals surface area (Å²) in [5, 5.41) is 0. The molecule has 30 heavy (non-hydrogen) atoms. The lowest BCUT2D eigenvalue weighted by atomic mass is 9.93. The van der Waals surface area contributed by atoms with Crippen LogP contribution in [-0.2, 0) is 0 Å². The average molecular weight is 404 g/mol. The van der Waals surface area contributed by atoms with Gasteiger partial charge in [-0.1, -0.05) is 12.1 Å². The number of aromatic nitrogens is 1. The number of anilines is 1. The summed E-state index contributed by atoms with van der Waals surface area (Å²) in [4.78, 5) is 21.9. The fourth-order valence-corrected chi connectivity index (χ4v) is 3.96. The fourth-order valence-electron chi connectivity index (χ4n) is 3.96. The van der Waals surface area contributed by atoms with Crippen LogP contribution in [0.15, 0.2) is 66.7 Å². The molecule has 1 aliphatic heterocycles. The Morgan fingerprint density at radius 2 is 1.83 bits per heavy atom. The molecule has 0 saturated carbocycles. The Morgan fingerprint density at radius 1 is 1.07 bits per heavy atom. The third-order valence-electron chi connectivity index (χ3n) is 5.65. The topological polar surface area (TPSA) is 36.4 Å². The quantitative estimate of drug-likeness (QED) is 0.617. The van der Waals surface area contributed by atoms with Crippen LogP contribution in [0.2, 0.25) is 0 Å². The molecule has 0 bridgehead atoms. The van der Waals surface area contributed by atoms with Crippen LogP contribution in [0.3, 0.4) is 0 Å². The number of likely N-dealkylation sites (tertiary alicyclic amines) is 1. The Labute approximate surface area is 177 Å². The molecule has 1 atom stereocenters. The summed E-state index contributed by atoms with van der Waals surface area (Å²) in [6.45, 7) is 1.42. The SMILES string of the molecule is CN(C)c1cccc(C(=O)N2CCC[C@@H](c3cccc(-c4ccc(F)cc4)n3)C2)c1. The van der Waals surface area contributed by atoms with Crippen molar-refractivity contribution < 1.29 is 9.18 Å². The summed E-state index contributed by atoms with van der Waals surface area (Å²) in [6.07, 6.45) is 1.95. The van der Waals surface area contributed by atoms with Gasteiger partial charge in [-0.3, -0.25) is 9.78 Å². The van der Waals surface area contributed by atoms with Gasteiger partial charge in [0.25, 0.3) is 5.91 Å². The summed E-state index contributed by atoms with van der Waals surface area (Å²) in [6, 6.07) is 20.1. The number of pyridine rings is 1. The molecule has 0 spiro atoms. The van der Waals surface area contributed by atoms with E-state index in [-0.39, 0.29) is 17.6 Å². The molecule has 154 valence electrons. The molecule has 4 rings (SSSR count). The van der Waals surface area contributed by atoms with Crippen molar-refractivity contribution in [2.75, 3.05) is 32.1 Å². The second-order valence-corrected chi connectivity index (χ2v) is 7.99. The first-order valence-corrected chi connectivity index (χ1v) is 10.3. The molecule has 1 aliphatic rings. The van der Waals surface area contributed by atoms with E-state index in [1.807, 2.05) is 66.4 Å². The molecule has 4 nitrogen and oxygen atoms in total. The number of carbonyl (C=O) groups is 1. The van der Waals surface area contributed by atoms with Crippen molar-refractivity contribution in [1.82, 2.24) is 9.88 Å². The van der Waals surface area contributed by atoms with Crippen LogP contribution in [0, 0.1) is 5.82 Å². The number of nitrogens with zero attached hydrogens (tertiary/aromatic N) is 3. The maximum atomic E-state index is 13.2. The zero-order valence-electron chi connectivity index (χ0n) is 17.4. The summed E-state index contributed by atoms with van der Waals surface area (Å²) in [5.41, 5.74) is 4.44. The lowest BCUT2D eigenvalue weighted by Gasteiger charge is -2.33. The molecule has 1 fully saturated rings. The van der Waals surface area contributed by atoms with Gasteiger partial charge in [0.1, 0.15) is 5.82 Å². The monoisotopic (exact) mass is 403 g/mol. The number of halogens is 1. The van der Waals surface area contributed by atoms with E-state index in [1.165, 1.54) is 12.1 Å². The van der Waals surface area contributed by atoms with E-state index < -0.39 is 0 Å². The van der Waals surface area contributed by atoms with E-state index in [2.05, 4.69) is 0 Å². The van der Waals surface area contributed by atoms with E-state index in [0.29, 0.717) is 6.54 Å². The largest absolute Gasteiger partial charge is 0.378 e. The molecule has 1 aromatic heterocycles. The molecule has 0 unspecified atom stereocenters. The summed E-state index contributed by atoms with van der Waals surface area (Å²) in [7, 11) is 3.95. The zero-order chi connectivity index (χ0) is 21.1. The van der Waals surface area contributed by atoms with Crippen LogP contribution in [-0.4, -0.2) is 43.0 Å². The van der Waals surface area contributed by atoms with E-state index >= 15 is 0 Å². The fraction of sp³-hybridized carbons (Fsp3) is 0.280. The van der Waals surface area contributed by atoms with Gasteiger partial charge in [0.15, 0.2) is 0 Å². The van der Waals surface area contributed by atoms with Gasteiger partial charge in [-0.2, -0.15) is 0 Å². The van der Waals surface area contributed by atoms with E-state index in [0.717, 1.165) is 47.6 Å². The first-order valence-electron chi connectivity index (χ1n) is 10.3. The number of hydrogen-bond donors (Lipinski definition) is 0. The highest BCUT2D eigenvalue weighted by Crippen LogP contribution is 2.29. The number of piperidine rings is 1. The minimum absolute atomic E-state index is 0.0677. The predicted molar refractivity (Wildman–Crippen MR) is 118 cm³/mol. The Morgan fingerprint density at radius 3 is 2.60 bits per heavy atom. The number of hydrogen-bond acceptors (Lipinski definition) is 3. The minimum atomic E-state index is -0.255. The molecule has 0 radical (unpaired) electrons. The predicted octanol–water partition coefficient (Wildman–Crippen LogP) is 4.97. The summed E-state index contributed by atoms with van der Waals surface area (Å²) in [5.74, 6) is 0.00731. The van der Waals surface area contributed by atoms with E-state index in [4.69, 9.17) is 4.98 Å². The van der Waals surface area contributed by atoms with Gasteiger partial charge in [-0.05, 0) is 67.4 Å². The second kappa shape index (κ2) is 8.66. The highest BCUT2D eigenvalue weighted by Gasteiger charge is 2.26. The van der Waals surface area contributed by atoms with Crippen LogP contribution in [0.25, 0.3) is 11.3 Å². The van der Waals surface area contributed by atoms with E-state index in [9.17, 15) is 9.18 Å². The number of amides is 1. The third kappa shape index (κ3) is 4.35. The van der Waals surface area contributed by atoms with Crippen molar-refractivity contribution in [3.63, 3.8) is 0 Å². The number of carbonyl (C=O) groups excluding carboxylic acids is 1. The first kappa shape index (κ1) is 20.1. The Balaban J connectivity index is 1.53. The molecule has 0 aliphatic carbocycles. The second-order valence-electron chi connectivity index (χ2n) is 7.99. The number of rotatable bonds is 4. The average Bonchev–Trinajstić information content (AvgIpc) is 2.79. The Kier molecular flexibility index (Phi) is 5.79. The molecular weight excluding hydrogens is 377 g/mol. The van der Waals surface area contributed by atoms with Crippen molar-refractivity contribution in [2.24, 2.45) is 0 Å². The van der Waals surface area contributed by atoms with Crippen LogP contribution in [0.1, 0.15) is 34.8 Å². The van der Waals surface area contributed by atoms with Gasteiger partial charge in [0.2, 0.25) is 0 Å². The van der Waals surface area contributed by atoms with Gasteiger partial charge >= 0.3 is 0 Å². The van der Waals surface area contributed by atoms with Crippen molar-refractivity contribution in [2.45, 2.75) is 18.8 Å². The number of benzene rings is 2. The Bertz CT molecular complexity index is 1030. The lowest BCUT2D eigenvalue weighted by Crippen LogP contribution is -2.39. The molecule has 2 heterocycles. The first-order chi connectivity index (χ1) is 14.5. The molecule has 3 aromatic rings. The van der Waals surface area contributed by atoms with Crippen LogP contribution in [0.4, 0.5) is 10.1 Å². The maximum Gasteiger partial charge on any atom is 0.253 e. The van der Waals surface area contributed by atoms with E-state index in [1.54, 1.807) is 12.1 Å². The molecule has 5 heteroatoms. The van der Waals surface area contributed by atoms with Crippen molar-refractivity contribution in [1.29, 1.82) is 0 Å². The third-order valence-corrected chi connectivity index (χ3v) is 5.65. The van der Waals surface area contributed by atoms with Crippen molar-refractivity contribution >= 4 is 11.6 Å². The molecular formula is C25H26FN3O. The zero-order valence-corrected chi connectivity index (χ0v) is 17.4. The minimum Gasteiger partial charge on any atom is -0.378 e.